The van der Waals surface area contributed by atoms with Crippen molar-refractivity contribution in [1.82, 2.24) is 0 Å². The van der Waals surface area contributed by atoms with Gasteiger partial charge in [-0.15, -0.1) is 0 Å². The van der Waals surface area contributed by atoms with Crippen LogP contribution in [0, 0.1) is 6.92 Å². The molecule has 3 heteroatoms. The third-order valence-electron chi connectivity index (χ3n) is 18.1. The van der Waals surface area contributed by atoms with Gasteiger partial charge in [-0.05, 0) is 184 Å². The summed E-state index contributed by atoms with van der Waals surface area (Å²) >= 11 is 0. The van der Waals surface area contributed by atoms with E-state index in [9.17, 15) is 0 Å². The van der Waals surface area contributed by atoms with Crippen LogP contribution in [0.4, 0.5) is 34.1 Å². The molecule has 0 saturated carbocycles. The fourth-order valence-corrected chi connectivity index (χ4v) is 13.7. The molecule has 374 valence electrons. The van der Waals surface area contributed by atoms with E-state index in [-0.39, 0.29) is 44.6 Å². The van der Waals surface area contributed by atoms with E-state index in [1.54, 1.807) is 0 Å². The Balaban J connectivity index is 1.30. The highest BCUT2D eigenvalue weighted by molar-refractivity contribution is 7.00. The molecule has 0 atom stereocenters. The predicted molar refractivity (Wildman–Crippen MR) is 318 cm³/mol. The lowest BCUT2D eigenvalue weighted by atomic mass is 9.33. The van der Waals surface area contributed by atoms with Crippen LogP contribution < -0.4 is 26.2 Å². The zero-order valence-corrected chi connectivity index (χ0v) is 47.7. The van der Waals surface area contributed by atoms with Gasteiger partial charge in [0.2, 0.25) is 0 Å². The summed E-state index contributed by atoms with van der Waals surface area (Å²) in [4.78, 5) is 5.43. The highest BCUT2D eigenvalue weighted by Gasteiger charge is 2.48. The Morgan fingerprint density at radius 2 is 0.904 bits per heavy atom. The number of hydrogen-bond acceptors (Lipinski definition) is 2. The molecule has 0 saturated heterocycles. The second-order valence-corrected chi connectivity index (χ2v) is 28.6. The van der Waals surface area contributed by atoms with Crippen molar-refractivity contribution in [2.24, 2.45) is 0 Å². The van der Waals surface area contributed by atoms with Gasteiger partial charge in [0, 0.05) is 34.0 Å². The van der Waals surface area contributed by atoms with E-state index in [0.717, 1.165) is 19.3 Å². The van der Waals surface area contributed by atoms with Gasteiger partial charge in [0.1, 0.15) is 0 Å². The van der Waals surface area contributed by atoms with E-state index in [1.807, 2.05) is 0 Å². The molecular weight excluding hydrogens is 880 g/mol. The maximum atomic E-state index is 2.75. The smallest absolute Gasteiger partial charge is 0.252 e. The average molecular weight is 961 g/mol. The first-order chi connectivity index (χ1) is 34.0. The van der Waals surface area contributed by atoms with Gasteiger partial charge in [-0.1, -0.05) is 203 Å². The summed E-state index contributed by atoms with van der Waals surface area (Å²) in [6.07, 6.45) is 3.46. The summed E-state index contributed by atoms with van der Waals surface area (Å²) in [5.74, 6) is 0. The van der Waals surface area contributed by atoms with Crippen molar-refractivity contribution in [3.63, 3.8) is 0 Å². The van der Waals surface area contributed by atoms with Crippen LogP contribution in [0.15, 0.2) is 127 Å². The third kappa shape index (κ3) is 7.96. The maximum absolute atomic E-state index is 2.75. The monoisotopic (exact) mass is 961 g/mol. The lowest BCUT2D eigenvalue weighted by Crippen LogP contribution is -2.62. The van der Waals surface area contributed by atoms with Crippen molar-refractivity contribution < 1.29 is 0 Å². The van der Waals surface area contributed by atoms with Crippen LogP contribution in [0.25, 0.3) is 22.3 Å². The molecule has 2 aliphatic heterocycles. The van der Waals surface area contributed by atoms with Crippen molar-refractivity contribution >= 4 is 57.2 Å². The van der Waals surface area contributed by atoms with Crippen molar-refractivity contribution in [3.8, 4) is 22.3 Å². The standard InChI is InChI=1S/C70H81BN2/c1-43-24-27-48(65(5,6)7)37-58(43)73-59-35-45(44-22-20-19-21-23-44)26-30-55(59)71-56-40-53-54(68(13,14)33-32-67(53,11)12)41-60(56)72(61-38-49(66(8,9)10)39-62(73)63(61)71)57-31-28-47(64(2,3)4)36-50(57)46-25-29-51-52(34-46)70(17,18)42-69(51,15)16/h19-31,34-41H,32-33,42H2,1-18H3. The average Bonchev–Trinajstić information content (AvgIpc) is 3.50. The molecule has 0 radical (unpaired) electrons. The van der Waals surface area contributed by atoms with Crippen LogP contribution in [0.1, 0.15) is 181 Å². The lowest BCUT2D eigenvalue weighted by molar-refractivity contribution is 0.332. The van der Waals surface area contributed by atoms with E-state index < -0.39 is 0 Å². The molecule has 0 amide bonds. The van der Waals surface area contributed by atoms with Crippen LogP contribution in [0.3, 0.4) is 0 Å². The number of nitrogens with zero attached hydrogens (tertiary/aromatic N) is 2. The van der Waals surface area contributed by atoms with E-state index in [0.29, 0.717) is 0 Å². The van der Waals surface area contributed by atoms with Gasteiger partial charge in [0.15, 0.2) is 0 Å². The van der Waals surface area contributed by atoms with Crippen LogP contribution in [-0.2, 0) is 37.9 Å². The fourth-order valence-electron chi connectivity index (χ4n) is 13.7. The first-order valence-electron chi connectivity index (χ1n) is 27.5. The minimum atomic E-state index is -0.147. The van der Waals surface area contributed by atoms with Gasteiger partial charge in [0.05, 0.1) is 5.69 Å². The molecule has 2 nitrogen and oxygen atoms in total. The second kappa shape index (κ2) is 16.1. The number of rotatable bonds is 4. The Labute approximate surface area is 440 Å². The Bertz CT molecular complexity index is 3390. The van der Waals surface area contributed by atoms with Gasteiger partial charge < -0.3 is 9.80 Å². The highest BCUT2D eigenvalue weighted by atomic mass is 15.2. The van der Waals surface area contributed by atoms with Gasteiger partial charge in [-0.25, -0.2) is 0 Å². The van der Waals surface area contributed by atoms with Crippen molar-refractivity contribution in [3.05, 3.63) is 172 Å². The number of hydrogen-bond donors (Lipinski definition) is 0. The van der Waals surface area contributed by atoms with Crippen LogP contribution in [-0.4, -0.2) is 6.71 Å². The normalized spacial score (nSPS) is 17.9. The van der Waals surface area contributed by atoms with Gasteiger partial charge in [-0.2, -0.15) is 0 Å². The fraction of sp³-hybridized carbons (Fsp3) is 0.400. The van der Waals surface area contributed by atoms with Gasteiger partial charge in [-0.3, -0.25) is 0 Å². The van der Waals surface area contributed by atoms with Gasteiger partial charge in [0.25, 0.3) is 6.71 Å². The summed E-state index contributed by atoms with van der Waals surface area (Å²) in [6, 6.07) is 51.2. The molecule has 7 aromatic carbocycles. The predicted octanol–water partition coefficient (Wildman–Crippen LogP) is 17.6. The summed E-state index contributed by atoms with van der Waals surface area (Å²) in [5, 5.41) is 0. The topological polar surface area (TPSA) is 6.48 Å². The molecule has 2 heterocycles. The zero-order valence-electron chi connectivity index (χ0n) is 47.7. The van der Waals surface area contributed by atoms with E-state index in [2.05, 4.69) is 262 Å². The quantitative estimate of drug-likeness (QED) is 0.162. The molecule has 4 aliphatic rings. The van der Waals surface area contributed by atoms with E-state index in [4.69, 9.17) is 0 Å². The van der Waals surface area contributed by atoms with Crippen molar-refractivity contribution in [2.75, 3.05) is 9.80 Å². The molecule has 0 aromatic heterocycles. The number of aryl methyl sites for hydroxylation is 1. The largest absolute Gasteiger partial charge is 0.311 e. The SMILES string of the molecule is Cc1ccc(C(C)(C)C)cc1N1c2cc(-c3ccccc3)ccc2B2c3cc4c(cc3N(c3ccc(C(C)(C)C)cc3-c3ccc5c(c3)C(C)(C)CC5(C)C)c3cc(C(C)(C)C)cc1c32)C(C)(C)CCC4(C)C. The Morgan fingerprint density at radius 3 is 1.53 bits per heavy atom. The Hall–Kier alpha value is -5.80. The molecule has 73 heavy (non-hydrogen) atoms. The summed E-state index contributed by atoms with van der Waals surface area (Å²) in [5.41, 5.74) is 28.1. The number of benzene rings is 7. The molecule has 0 unspecified atom stereocenters. The minimum Gasteiger partial charge on any atom is -0.311 e. The van der Waals surface area contributed by atoms with E-state index >= 15 is 0 Å². The molecule has 2 aliphatic carbocycles. The minimum absolute atomic E-state index is 0.00101. The first kappa shape index (κ1) is 49.4. The maximum Gasteiger partial charge on any atom is 0.252 e. The molecule has 0 fully saturated rings. The first-order valence-corrected chi connectivity index (χ1v) is 27.5. The summed E-state index contributed by atoms with van der Waals surface area (Å²) < 4.78 is 0. The second-order valence-electron chi connectivity index (χ2n) is 28.6. The zero-order chi connectivity index (χ0) is 52.3. The lowest BCUT2D eigenvalue weighted by Gasteiger charge is -2.48. The molecule has 7 aromatic rings. The van der Waals surface area contributed by atoms with Crippen molar-refractivity contribution in [1.29, 1.82) is 0 Å². The highest BCUT2D eigenvalue weighted by Crippen LogP contribution is 2.55. The molecule has 0 spiro atoms. The number of anilines is 6. The van der Waals surface area contributed by atoms with Crippen LogP contribution in [0.5, 0.6) is 0 Å². The third-order valence-corrected chi connectivity index (χ3v) is 18.1. The molecule has 11 rings (SSSR count). The van der Waals surface area contributed by atoms with Crippen LogP contribution >= 0.6 is 0 Å². The number of fused-ring (bicyclic) bond motifs is 6. The Morgan fingerprint density at radius 1 is 0.384 bits per heavy atom. The van der Waals surface area contributed by atoms with E-state index in [1.165, 1.54) is 117 Å². The van der Waals surface area contributed by atoms with Gasteiger partial charge >= 0.3 is 0 Å². The Kier molecular flexibility index (Phi) is 10.9. The molecular formula is C70H81BN2. The van der Waals surface area contributed by atoms with Crippen LogP contribution in [0.2, 0.25) is 0 Å². The molecule has 0 bridgehead atoms. The molecule has 0 N–H and O–H groups in total. The summed E-state index contributed by atoms with van der Waals surface area (Å²) in [7, 11) is 0. The van der Waals surface area contributed by atoms with Crippen molar-refractivity contribution in [2.45, 2.75) is 182 Å². The summed E-state index contributed by atoms with van der Waals surface area (Å²) in [6.45, 7) is 43.4.